The molecule has 0 aliphatic heterocycles. The zero-order valence-electron chi connectivity index (χ0n) is 18.2. The molecule has 0 saturated heterocycles. The van der Waals surface area contributed by atoms with E-state index in [0.717, 1.165) is 42.4 Å². The molecule has 0 aliphatic rings. The smallest absolute Gasteiger partial charge is 0.188 e. The normalized spacial score (nSPS) is 14.4. The minimum atomic E-state index is 0.373. The Morgan fingerprint density at radius 2 is 1.35 bits per heavy atom. The van der Waals surface area contributed by atoms with Crippen molar-refractivity contribution in [2.75, 3.05) is 37.7 Å². The van der Waals surface area contributed by atoms with Gasteiger partial charge in [0.05, 0.1) is 12.7 Å². The van der Waals surface area contributed by atoms with E-state index in [2.05, 4.69) is 54.4 Å². The summed E-state index contributed by atoms with van der Waals surface area (Å²) in [6.45, 7) is 7.07. The van der Waals surface area contributed by atoms with E-state index < -0.39 is 0 Å². The second-order valence-electron chi connectivity index (χ2n) is 6.78. The van der Waals surface area contributed by atoms with Gasteiger partial charge in [0.25, 0.3) is 0 Å². The zero-order valence-corrected chi connectivity index (χ0v) is 19.8. The minimum Gasteiger partial charge on any atom is -0.370 e. The summed E-state index contributed by atoms with van der Waals surface area (Å²) in [7, 11) is 0. The van der Waals surface area contributed by atoms with Crippen LogP contribution in [0.1, 0.15) is 42.2 Å². The number of hydrogen-bond acceptors (Lipinski definition) is 6. The summed E-state index contributed by atoms with van der Waals surface area (Å²) < 4.78 is 0. The van der Waals surface area contributed by atoms with Crippen LogP contribution in [-0.4, -0.2) is 69.5 Å². The molecule has 0 fully saturated rings. The predicted octanol–water partition coefficient (Wildman–Crippen LogP) is 1.62. The number of guanidine groups is 2. The first-order chi connectivity index (χ1) is 15.1. The van der Waals surface area contributed by atoms with E-state index in [-0.39, 0.29) is 0 Å². The first kappa shape index (κ1) is 24.9. The van der Waals surface area contributed by atoms with Gasteiger partial charge in [-0.3, -0.25) is 9.98 Å². The van der Waals surface area contributed by atoms with Crippen molar-refractivity contribution in [3.8, 4) is 0 Å². The van der Waals surface area contributed by atoms with Crippen molar-refractivity contribution in [1.29, 1.82) is 0 Å². The largest absolute Gasteiger partial charge is 0.370 e. The van der Waals surface area contributed by atoms with E-state index in [9.17, 15) is 0 Å². The van der Waals surface area contributed by atoms with Crippen LogP contribution >= 0.6 is 23.5 Å². The number of thioether (sulfide) groups is 2. The monoisotopic (exact) mass is 466 g/mol. The average Bonchev–Trinajstić information content (AvgIpc) is 3.48. The highest BCUT2D eigenvalue weighted by molar-refractivity contribution is 7.99. The van der Waals surface area contributed by atoms with Gasteiger partial charge in [0.2, 0.25) is 0 Å². The Kier molecular flexibility index (Phi) is 11.8. The van der Waals surface area contributed by atoms with Crippen LogP contribution < -0.4 is 22.1 Å². The zero-order chi connectivity index (χ0) is 22.3. The fourth-order valence-corrected chi connectivity index (χ4v) is 4.33. The molecule has 0 bridgehead atoms. The van der Waals surface area contributed by atoms with E-state index in [1.165, 1.54) is 0 Å². The number of nitrogens with one attached hydrogen (secondary N) is 4. The molecule has 2 unspecified atom stereocenters. The Bertz CT molecular complexity index is 697. The number of aromatic amines is 2. The van der Waals surface area contributed by atoms with Crippen molar-refractivity contribution >= 4 is 35.4 Å². The third kappa shape index (κ3) is 10.5. The summed E-state index contributed by atoms with van der Waals surface area (Å²) in [6.07, 6.45) is 7.91. The molecule has 0 radical (unpaired) electrons. The first-order valence-electron chi connectivity index (χ1n) is 10.3. The Balaban J connectivity index is 1.46. The second kappa shape index (κ2) is 14.6. The molecule has 0 amide bonds. The molecular weight excluding hydrogens is 432 g/mol. The SMILES string of the molecule is CC(SCCNC(N)=NCCCN=C(N)NCCSC(C)c1cnc[nH]1)c1cnc[nH]1. The molecule has 2 aromatic heterocycles. The van der Waals surface area contributed by atoms with Crippen molar-refractivity contribution in [2.45, 2.75) is 30.8 Å². The molecule has 0 aliphatic carbocycles. The highest BCUT2D eigenvalue weighted by Crippen LogP contribution is 2.25. The van der Waals surface area contributed by atoms with Gasteiger partial charge in [-0.05, 0) is 20.3 Å². The van der Waals surface area contributed by atoms with Crippen LogP contribution in [0.4, 0.5) is 0 Å². The number of aromatic nitrogens is 4. The lowest BCUT2D eigenvalue weighted by Crippen LogP contribution is -2.34. The van der Waals surface area contributed by atoms with Crippen molar-refractivity contribution in [2.24, 2.45) is 21.5 Å². The maximum absolute atomic E-state index is 5.90. The van der Waals surface area contributed by atoms with Gasteiger partial charge in [-0.25, -0.2) is 9.97 Å². The summed E-state index contributed by atoms with van der Waals surface area (Å²) in [5.41, 5.74) is 14.1. The average molecular weight is 467 g/mol. The van der Waals surface area contributed by atoms with Gasteiger partial charge in [-0.2, -0.15) is 23.5 Å². The van der Waals surface area contributed by atoms with Crippen molar-refractivity contribution in [3.05, 3.63) is 36.4 Å². The summed E-state index contributed by atoms with van der Waals surface area (Å²) in [6, 6.07) is 0. The number of hydrogen-bond donors (Lipinski definition) is 6. The van der Waals surface area contributed by atoms with Crippen molar-refractivity contribution in [1.82, 2.24) is 30.6 Å². The predicted molar refractivity (Wildman–Crippen MR) is 133 cm³/mol. The van der Waals surface area contributed by atoms with E-state index in [0.29, 0.717) is 35.5 Å². The molecule has 8 N–H and O–H groups in total. The first-order valence-corrected chi connectivity index (χ1v) is 12.4. The summed E-state index contributed by atoms with van der Waals surface area (Å²) >= 11 is 3.66. The maximum Gasteiger partial charge on any atom is 0.188 e. The van der Waals surface area contributed by atoms with Gasteiger partial charge in [-0.1, -0.05) is 0 Å². The van der Waals surface area contributed by atoms with Crippen LogP contribution in [0.25, 0.3) is 0 Å². The third-order valence-corrected chi connectivity index (χ3v) is 6.73. The van der Waals surface area contributed by atoms with Gasteiger partial charge in [0.15, 0.2) is 11.9 Å². The Morgan fingerprint density at radius 3 is 1.74 bits per heavy atom. The number of rotatable bonds is 14. The Labute approximate surface area is 192 Å². The maximum atomic E-state index is 5.90. The molecule has 2 heterocycles. The van der Waals surface area contributed by atoms with E-state index in [4.69, 9.17) is 11.5 Å². The molecule has 0 aromatic carbocycles. The quantitative estimate of drug-likeness (QED) is 0.139. The highest BCUT2D eigenvalue weighted by atomic mass is 32.2. The topological polar surface area (TPSA) is 158 Å². The Hall–Kier alpha value is -2.34. The summed E-state index contributed by atoms with van der Waals surface area (Å²) in [5.74, 6) is 2.80. The molecule has 0 spiro atoms. The van der Waals surface area contributed by atoms with Crippen LogP contribution in [0.5, 0.6) is 0 Å². The molecule has 10 nitrogen and oxygen atoms in total. The molecular formula is C19H34N10S2. The molecule has 2 rings (SSSR count). The fraction of sp³-hybridized carbons (Fsp3) is 0.579. The number of nitrogens with two attached hydrogens (primary N) is 2. The van der Waals surface area contributed by atoms with Crippen molar-refractivity contribution < 1.29 is 0 Å². The summed E-state index contributed by atoms with van der Waals surface area (Å²) in [5, 5.41) is 7.02. The van der Waals surface area contributed by atoms with Crippen molar-refractivity contribution in [3.63, 3.8) is 0 Å². The molecule has 31 heavy (non-hydrogen) atoms. The highest BCUT2D eigenvalue weighted by Gasteiger charge is 2.07. The third-order valence-electron chi connectivity index (χ3n) is 4.35. The van der Waals surface area contributed by atoms with Gasteiger partial charge in [-0.15, -0.1) is 0 Å². The number of nitrogens with zero attached hydrogens (tertiary/aromatic N) is 4. The van der Waals surface area contributed by atoms with Crippen LogP contribution in [0.3, 0.4) is 0 Å². The van der Waals surface area contributed by atoms with E-state index >= 15 is 0 Å². The van der Waals surface area contributed by atoms with Gasteiger partial charge >= 0.3 is 0 Å². The molecule has 2 atom stereocenters. The lowest BCUT2D eigenvalue weighted by molar-refractivity contribution is 0.821. The summed E-state index contributed by atoms with van der Waals surface area (Å²) in [4.78, 5) is 23.0. The van der Waals surface area contributed by atoms with Crippen LogP contribution in [-0.2, 0) is 0 Å². The molecule has 172 valence electrons. The van der Waals surface area contributed by atoms with Crippen LogP contribution in [0.15, 0.2) is 35.0 Å². The van der Waals surface area contributed by atoms with E-state index in [1.807, 2.05) is 35.9 Å². The van der Waals surface area contributed by atoms with Gasteiger partial charge in [0, 0.05) is 72.0 Å². The van der Waals surface area contributed by atoms with Gasteiger partial charge < -0.3 is 32.1 Å². The molecule has 0 saturated carbocycles. The molecule has 12 heteroatoms. The minimum absolute atomic E-state index is 0.373. The van der Waals surface area contributed by atoms with Crippen LogP contribution in [0, 0.1) is 0 Å². The number of aliphatic imine (C=N–C) groups is 2. The number of imidazole rings is 2. The second-order valence-corrected chi connectivity index (χ2v) is 9.68. The lowest BCUT2D eigenvalue weighted by atomic mass is 10.4. The van der Waals surface area contributed by atoms with Gasteiger partial charge in [0.1, 0.15) is 0 Å². The standard InChI is InChI=1S/C19H34N10S2/c1-14(16-10-22-12-28-16)30-8-6-26-18(20)24-4-3-5-25-19(21)27-7-9-31-15(2)17-11-23-13-29-17/h10-15H,3-9H2,1-2H3,(H,22,28)(H,23,29)(H3,20,24,26)(H3,21,25,27). The van der Waals surface area contributed by atoms with Crippen LogP contribution in [0.2, 0.25) is 0 Å². The fourth-order valence-electron chi connectivity index (χ4n) is 2.57. The number of H-pyrrole nitrogens is 2. The molecule has 2 aromatic rings. The lowest BCUT2D eigenvalue weighted by Gasteiger charge is -2.10. The van der Waals surface area contributed by atoms with E-state index in [1.54, 1.807) is 12.7 Å². The Morgan fingerprint density at radius 1 is 0.903 bits per heavy atom.